The molecule has 3 aromatic rings. The summed E-state index contributed by atoms with van der Waals surface area (Å²) in [6.07, 6.45) is 1.92. The van der Waals surface area contributed by atoms with Crippen LogP contribution in [0, 0.1) is 5.41 Å². The Morgan fingerprint density at radius 2 is 1.96 bits per heavy atom. The smallest absolute Gasteiger partial charge is 0.464 e. The molecule has 1 aromatic carbocycles. The molecule has 0 aliphatic carbocycles. The highest BCUT2D eigenvalue weighted by atomic mass is 32.1. The van der Waals surface area contributed by atoms with Crippen LogP contribution in [0.15, 0.2) is 23.6 Å². The summed E-state index contributed by atoms with van der Waals surface area (Å²) >= 11 is 1.42. The number of hydrogen-bond donors (Lipinski definition) is 3. The average molecular weight is 710 g/mol. The summed E-state index contributed by atoms with van der Waals surface area (Å²) in [5.41, 5.74) is 5.90. The standard InChI is InChI=1S/C36H52BN5O7S/c1-10-36(8,9)49-37(47-11-2)30-24-19-35(6,7)21-46-32(44)26-13-12-16-42(41-26)31(43)27(40-33(45)48-34(3,4)5)18-29-38-28(20-50-29)22-14-15-25(39-30)23(24)17-22/h14-15,17,20,26-27,39,41H,10-13,16,18-19,21H2,1-9H3,(H,40,45)/t26-,27-/m0/s1. The molecule has 0 saturated carbocycles. The first-order valence-electron chi connectivity index (χ1n) is 17.6. The van der Waals surface area contributed by atoms with Crippen LogP contribution in [0.2, 0.25) is 0 Å². The van der Waals surface area contributed by atoms with E-state index in [0.717, 1.165) is 39.7 Å². The van der Waals surface area contributed by atoms with Gasteiger partial charge in [-0.1, -0.05) is 26.8 Å². The maximum atomic E-state index is 13.9. The Balaban J connectivity index is 1.59. The Kier molecular flexibility index (Phi) is 11.4. The molecule has 272 valence electrons. The van der Waals surface area contributed by atoms with Gasteiger partial charge >= 0.3 is 19.2 Å². The first-order chi connectivity index (χ1) is 23.5. The number of H-pyrrole nitrogens is 1. The fourth-order valence-corrected chi connectivity index (χ4v) is 6.93. The van der Waals surface area contributed by atoms with Crippen molar-refractivity contribution in [3.8, 4) is 11.3 Å². The van der Waals surface area contributed by atoms with Gasteiger partial charge < -0.3 is 29.1 Å². The molecule has 1 saturated heterocycles. The third-order valence-electron chi connectivity index (χ3n) is 8.98. The number of hydrogen-bond acceptors (Lipinski definition) is 10. The van der Waals surface area contributed by atoms with Crippen molar-refractivity contribution in [1.82, 2.24) is 25.7 Å². The average Bonchev–Trinajstić information content (AvgIpc) is 3.65. The Morgan fingerprint density at radius 1 is 1.20 bits per heavy atom. The van der Waals surface area contributed by atoms with Crippen LogP contribution in [0.1, 0.15) is 92.1 Å². The van der Waals surface area contributed by atoms with Gasteiger partial charge in [0.2, 0.25) is 0 Å². The summed E-state index contributed by atoms with van der Waals surface area (Å²) < 4.78 is 24.2. The number of thiazole rings is 1. The third-order valence-corrected chi connectivity index (χ3v) is 9.85. The Labute approximate surface area is 299 Å². The number of aromatic amines is 1. The second kappa shape index (κ2) is 15.0. The summed E-state index contributed by atoms with van der Waals surface area (Å²) in [6, 6.07) is 4.47. The number of nitrogens with zero attached hydrogens (tertiary/aromatic N) is 2. The molecule has 2 atom stereocenters. The number of rotatable bonds is 7. The van der Waals surface area contributed by atoms with E-state index in [1.54, 1.807) is 20.8 Å². The summed E-state index contributed by atoms with van der Waals surface area (Å²) in [6.45, 7) is 18.6. The molecule has 14 heteroatoms. The van der Waals surface area contributed by atoms with E-state index in [9.17, 15) is 14.4 Å². The van der Waals surface area contributed by atoms with E-state index < -0.39 is 47.9 Å². The summed E-state index contributed by atoms with van der Waals surface area (Å²) in [4.78, 5) is 48.8. The van der Waals surface area contributed by atoms with E-state index in [1.165, 1.54) is 16.3 Å². The fraction of sp³-hybridized carbons (Fsp3) is 0.611. The summed E-state index contributed by atoms with van der Waals surface area (Å²) in [7, 11) is -0.632. The van der Waals surface area contributed by atoms with Gasteiger partial charge in [0.25, 0.3) is 5.91 Å². The van der Waals surface area contributed by atoms with Gasteiger partial charge in [0, 0.05) is 58.0 Å². The predicted octanol–water partition coefficient (Wildman–Crippen LogP) is 5.29. The van der Waals surface area contributed by atoms with Gasteiger partial charge in [-0.25, -0.2) is 15.2 Å². The number of nitrogens with one attached hydrogen (secondary N) is 3. The molecule has 12 nitrogen and oxygen atoms in total. The first-order valence-corrected chi connectivity index (χ1v) is 18.5. The summed E-state index contributed by atoms with van der Waals surface area (Å²) in [5, 5.41) is 7.82. The van der Waals surface area contributed by atoms with Crippen molar-refractivity contribution in [2.24, 2.45) is 5.41 Å². The highest BCUT2D eigenvalue weighted by molar-refractivity contribution is 7.10. The van der Waals surface area contributed by atoms with E-state index in [2.05, 4.69) is 56.4 Å². The molecule has 0 radical (unpaired) electrons. The van der Waals surface area contributed by atoms with Crippen molar-refractivity contribution in [2.75, 3.05) is 19.8 Å². The maximum absolute atomic E-state index is 13.9. The van der Waals surface area contributed by atoms with Crippen molar-refractivity contribution in [2.45, 2.75) is 118 Å². The van der Waals surface area contributed by atoms with Crippen LogP contribution in [-0.2, 0) is 41.2 Å². The van der Waals surface area contributed by atoms with Crippen LogP contribution < -0.4 is 16.3 Å². The minimum absolute atomic E-state index is 0.145. The summed E-state index contributed by atoms with van der Waals surface area (Å²) in [5.74, 6) is -0.811. The van der Waals surface area contributed by atoms with Crippen LogP contribution in [0.5, 0.6) is 0 Å². The van der Waals surface area contributed by atoms with Crippen molar-refractivity contribution in [1.29, 1.82) is 0 Å². The number of alkyl carbamates (subject to hydrolysis) is 1. The molecule has 2 aliphatic heterocycles. The van der Waals surface area contributed by atoms with Crippen LogP contribution in [0.4, 0.5) is 4.79 Å². The van der Waals surface area contributed by atoms with E-state index in [1.807, 2.05) is 24.4 Å². The highest BCUT2D eigenvalue weighted by Gasteiger charge is 2.38. The van der Waals surface area contributed by atoms with E-state index >= 15 is 0 Å². The molecular weight excluding hydrogens is 657 g/mol. The molecule has 0 spiro atoms. The zero-order chi connectivity index (χ0) is 36.4. The number of benzene rings is 1. The van der Waals surface area contributed by atoms with Crippen LogP contribution in [0.25, 0.3) is 22.2 Å². The van der Waals surface area contributed by atoms with Crippen molar-refractivity contribution in [3.05, 3.63) is 34.2 Å². The molecule has 3 N–H and O–H groups in total. The third kappa shape index (κ3) is 9.25. The minimum Gasteiger partial charge on any atom is -0.464 e. The topological polar surface area (TPSA) is 144 Å². The van der Waals surface area contributed by atoms with E-state index in [0.29, 0.717) is 37.4 Å². The Bertz CT molecular complexity index is 1700. The van der Waals surface area contributed by atoms with Gasteiger partial charge in [-0.05, 0) is 84.9 Å². The monoisotopic (exact) mass is 709 g/mol. The number of amides is 2. The van der Waals surface area contributed by atoms with Gasteiger partial charge in [-0.15, -0.1) is 11.3 Å². The van der Waals surface area contributed by atoms with Crippen LogP contribution in [0.3, 0.4) is 0 Å². The normalized spacial score (nSPS) is 20.3. The maximum Gasteiger partial charge on any atom is 0.511 e. The fourth-order valence-electron chi connectivity index (χ4n) is 6.08. The lowest BCUT2D eigenvalue weighted by atomic mass is 9.75. The molecule has 2 aromatic heterocycles. The number of aromatic nitrogens is 2. The van der Waals surface area contributed by atoms with Gasteiger partial charge in [-0.2, -0.15) is 0 Å². The zero-order valence-corrected chi connectivity index (χ0v) is 31.7. The molecule has 2 amide bonds. The molecule has 1 fully saturated rings. The second-order valence-electron chi connectivity index (χ2n) is 15.6. The number of fused-ring (bicyclic) bond motifs is 6. The quantitative estimate of drug-likeness (QED) is 0.220. The molecule has 5 rings (SSSR count). The first kappa shape index (κ1) is 37.8. The Hall–Kier alpha value is -3.46. The predicted molar refractivity (Wildman–Crippen MR) is 195 cm³/mol. The molecule has 2 aliphatic rings. The number of hydrazine groups is 1. The van der Waals surface area contributed by atoms with Gasteiger partial charge in [-0.3, -0.25) is 14.6 Å². The Morgan fingerprint density at radius 3 is 2.66 bits per heavy atom. The number of ether oxygens (including phenoxy) is 2. The molecule has 50 heavy (non-hydrogen) atoms. The number of carbonyl (C=O) groups is 3. The molecule has 0 unspecified atom stereocenters. The van der Waals surface area contributed by atoms with Gasteiger partial charge in [0.15, 0.2) is 0 Å². The van der Waals surface area contributed by atoms with Crippen LogP contribution in [-0.4, -0.2) is 83.1 Å². The lowest BCUT2D eigenvalue weighted by molar-refractivity contribution is -0.155. The number of esters is 1. The van der Waals surface area contributed by atoms with Gasteiger partial charge in [0.05, 0.1) is 17.3 Å². The highest BCUT2D eigenvalue weighted by Crippen LogP contribution is 2.32. The molecule has 6 bridgehead atoms. The van der Waals surface area contributed by atoms with Crippen molar-refractivity contribution in [3.63, 3.8) is 0 Å². The van der Waals surface area contributed by atoms with Crippen molar-refractivity contribution >= 4 is 52.9 Å². The number of cyclic esters (lactones) is 1. The minimum atomic E-state index is -0.979. The largest absolute Gasteiger partial charge is 0.511 e. The SMILES string of the molecule is CCOB(OC(C)(C)CC)c1[nH]c2ccc3cc2c1CC(C)(C)COC(=O)[C@@H]1CCCN(N1)C(=O)[C@@H](NC(=O)OC(C)(C)C)Cc1nc-3cs1. The zero-order valence-electron chi connectivity index (χ0n) is 30.9. The molecule has 4 heterocycles. The van der Waals surface area contributed by atoms with Crippen LogP contribution >= 0.6 is 11.3 Å². The number of carbonyl (C=O) groups excluding carboxylic acids is 3. The molecular formula is C36H52BN5O7S. The lowest BCUT2D eigenvalue weighted by Gasteiger charge is -2.35. The van der Waals surface area contributed by atoms with E-state index in [-0.39, 0.29) is 18.9 Å². The second-order valence-corrected chi connectivity index (χ2v) is 16.5. The lowest BCUT2D eigenvalue weighted by Crippen LogP contribution is -2.60. The van der Waals surface area contributed by atoms with E-state index in [4.69, 9.17) is 23.8 Å². The van der Waals surface area contributed by atoms with Crippen molar-refractivity contribution < 1.29 is 33.2 Å². The van der Waals surface area contributed by atoms with Gasteiger partial charge in [0.1, 0.15) is 17.7 Å².